The molecule has 0 saturated heterocycles. The molecule has 0 atom stereocenters. The summed E-state index contributed by atoms with van der Waals surface area (Å²) in [6, 6.07) is 3.61. The quantitative estimate of drug-likeness (QED) is 0.918. The lowest BCUT2D eigenvalue weighted by molar-refractivity contribution is 0.0692. The Kier molecular flexibility index (Phi) is 3.81. The van der Waals surface area contributed by atoms with Gasteiger partial charge in [0.25, 0.3) is 0 Å². The zero-order chi connectivity index (χ0) is 12.4. The molecule has 0 aliphatic carbocycles. The van der Waals surface area contributed by atoms with Crippen LogP contribution in [0.5, 0.6) is 0 Å². The second-order valence-electron chi connectivity index (χ2n) is 3.44. The molecule has 0 aliphatic rings. The van der Waals surface area contributed by atoms with Gasteiger partial charge in [0.15, 0.2) is 5.69 Å². The van der Waals surface area contributed by atoms with E-state index < -0.39 is 5.97 Å². The normalized spacial score (nSPS) is 10.7. The highest BCUT2D eigenvalue weighted by molar-refractivity contribution is 7.24. The summed E-state index contributed by atoms with van der Waals surface area (Å²) in [7, 11) is 0. The molecule has 0 spiro atoms. The van der Waals surface area contributed by atoms with Crippen molar-refractivity contribution in [2.75, 3.05) is 0 Å². The number of aromatic nitrogens is 1. The fourth-order valence-corrected chi connectivity index (χ4v) is 3.74. The van der Waals surface area contributed by atoms with Gasteiger partial charge in [0.05, 0.1) is 14.2 Å². The summed E-state index contributed by atoms with van der Waals surface area (Å²) in [6.07, 6.45) is 1.77. The standard InChI is InChI=1S/C11H10ClNO2S2/c1-2-3-8-13-9(11(14)15)10(17-8)6-4-5-7(12)16-6/h4-5H,2-3H2,1H3,(H,14,15). The molecular weight excluding hydrogens is 278 g/mol. The first kappa shape index (κ1) is 12.5. The van der Waals surface area contributed by atoms with E-state index in [9.17, 15) is 4.79 Å². The van der Waals surface area contributed by atoms with Gasteiger partial charge in [-0.25, -0.2) is 9.78 Å². The summed E-state index contributed by atoms with van der Waals surface area (Å²) in [5.41, 5.74) is 0.136. The summed E-state index contributed by atoms with van der Waals surface area (Å²) < 4.78 is 0.654. The zero-order valence-corrected chi connectivity index (χ0v) is 11.5. The van der Waals surface area contributed by atoms with Crippen molar-refractivity contribution in [3.05, 3.63) is 27.2 Å². The number of rotatable bonds is 4. The largest absolute Gasteiger partial charge is 0.476 e. The lowest BCUT2D eigenvalue weighted by Gasteiger charge is -1.92. The minimum atomic E-state index is -0.983. The van der Waals surface area contributed by atoms with E-state index in [0.29, 0.717) is 9.21 Å². The van der Waals surface area contributed by atoms with E-state index in [2.05, 4.69) is 4.98 Å². The third kappa shape index (κ3) is 2.68. The molecule has 2 rings (SSSR count). The number of thiazole rings is 1. The average Bonchev–Trinajstić information content (AvgIpc) is 2.84. The van der Waals surface area contributed by atoms with Gasteiger partial charge in [0, 0.05) is 4.88 Å². The van der Waals surface area contributed by atoms with Crippen LogP contribution in [0.1, 0.15) is 28.8 Å². The number of hydrogen-bond acceptors (Lipinski definition) is 4. The monoisotopic (exact) mass is 287 g/mol. The fraction of sp³-hybridized carbons (Fsp3) is 0.273. The van der Waals surface area contributed by atoms with E-state index in [1.54, 1.807) is 6.07 Å². The second kappa shape index (κ2) is 5.16. The van der Waals surface area contributed by atoms with Crippen LogP contribution >= 0.6 is 34.3 Å². The van der Waals surface area contributed by atoms with E-state index in [-0.39, 0.29) is 5.69 Å². The lowest BCUT2D eigenvalue weighted by atomic mass is 10.3. The Bertz CT molecular complexity index is 547. The van der Waals surface area contributed by atoms with Crippen molar-refractivity contribution in [3.8, 4) is 9.75 Å². The first-order valence-electron chi connectivity index (χ1n) is 5.10. The summed E-state index contributed by atoms with van der Waals surface area (Å²) in [6.45, 7) is 2.05. The Balaban J connectivity index is 2.47. The van der Waals surface area contributed by atoms with Crippen LogP contribution in [-0.2, 0) is 6.42 Å². The van der Waals surface area contributed by atoms with Crippen LogP contribution in [-0.4, -0.2) is 16.1 Å². The Labute approximate surface area is 112 Å². The van der Waals surface area contributed by atoms with Gasteiger partial charge in [0.1, 0.15) is 0 Å². The predicted molar refractivity (Wildman–Crippen MR) is 71.4 cm³/mol. The summed E-state index contributed by atoms with van der Waals surface area (Å²) in [5.74, 6) is -0.983. The number of hydrogen-bond donors (Lipinski definition) is 1. The van der Waals surface area contributed by atoms with Gasteiger partial charge < -0.3 is 5.11 Å². The maximum Gasteiger partial charge on any atom is 0.356 e. The van der Waals surface area contributed by atoms with Crippen molar-refractivity contribution in [3.63, 3.8) is 0 Å². The SMILES string of the molecule is CCCc1nc(C(=O)O)c(-c2ccc(Cl)s2)s1. The van der Waals surface area contributed by atoms with Gasteiger partial charge in [-0.05, 0) is 25.0 Å². The second-order valence-corrected chi connectivity index (χ2v) is 6.24. The molecule has 17 heavy (non-hydrogen) atoms. The minimum Gasteiger partial charge on any atom is -0.476 e. The van der Waals surface area contributed by atoms with E-state index in [1.807, 2.05) is 13.0 Å². The third-order valence-corrected chi connectivity index (χ3v) is 4.66. The first-order chi connectivity index (χ1) is 8.11. The Morgan fingerprint density at radius 1 is 1.47 bits per heavy atom. The zero-order valence-electron chi connectivity index (χ0n) is 9.07. The van der Waals surface area contributed by atoms with E-state index in [4.69, 9.17) is 16.7 Å². The van der Waals surface area contributed by atoms with Crippen LogP contribution in [0, 0.1) is 0 Å². The van der Waals surface area contributed by atoms with Crippen LogP contribution in [0.4, 0.5) is 0 Å². The van der Waals surface area contributed by atoms with Gasteiger partial charge in [-0.1, -0.05) is 18.5 Å². The molecule has 2 aromatic rings. The smallest absolute Gasteiger partial charge is 0.356 e. The van der Waals surface area contributed by atoms with Gasteiger partial charge >= 0.3 is 5.97 Å². The highest BCUT2D eigenvalue weighted by Gasteiger charge is 2.19. The maximum absolute atomic E-state index is 11.1. The molecule has 6 heteroatoms. The number of thiophene rings is 1. The number of carbonyl (C=O) groups is 1. The van der Waals surface area contributed by atoms with Crippen molar-refractivity contribution in [2.24, 2.45) is 0 Å². The molecule has 2 aromatic heterocycles. The first-order valence-corrected chi connectivity index (χ1v) is 7.11. The molecule has 3 nitrogen and oxygen atoms in total. The number of aryl methyl sites for hydroxylation is 1. The van der Waals surface area contributed by atoms with Crippen molar-refractivity contribution >= 4 is 40.2 Å². The third-order valence-electron chi connectivity index (χ3n) is 2.13. The van der Waals surface area contributed by atoms with Crippen molar-refractivity contribution < 1.29 is 9.90 Å². The number of aromatic carboxylic acids is 1. The highest BCUT2D eigenvalue weighted by atomic mass is 35.5. The molecule has 0 unspecified atom stereocenters. The molecule has 0 aliphatic heterocycles. The molecule has 0 amide bonds. The highest BCUT2D eigenvalue weighted by Crippen LogP contribution is 2.37. The van der Waals surface area contributed by atoms with Crippen molar-refractivity contribution in [1.82, 2.24) is 4.98 Å². The molecule has 0 radical (unpaired) electrons. The summed E-state index contributed by atoms with van der Waals surface area (Å²) >= 11 is 8.68. The fourth-order valence-electron chi connectivity index (χ4n) is 1.43. The van der Waals surface area contributed by atoms with Gasteiger partial charge in [-0.15, -0.1) is 22.7 Å². The summed E-state index contributed by atoms with van der Waals surface area (Å²) in [5, 5.41) is 10.00. The van der Waals surface area contributed by atoms with Gasteiger partial charge in [-0.2, -0.15) is 0 Å². The van der Waals surface area contributed by atoms with E-state index >= 15 is 0 Å². The Morgan fingerprint density at radius 3 is 2.76 bits per heavy atom. The predicted octanol–water partition coefficient (Wildman–Crippen LogP) is 4.18. The maximum atomic E-state index is 11.1. The summed E-state index contributed by atoms with van der Waals surface area (Å²) in [4.78, 5) is 16.9. The van der Waals surface area contributed by atoms with Crippen molar-refractivity contribution in [2.45, 2.75) is 19.8 Å². The molecule has 2 heterocycles. The van der Waals surface area contributed by atoms with Gasteiger partial charge in [-0.3, -0.25) is 0 Å². The number of nitrogens with zero attached hydrogens (tertiary/aromatic N) is 1. The molecule has 0 aromatic carbocycles. The molecule has 0 fully saturated rings. The molecule has 0 saturated carbocycles. The molecular formula is C11H10ClNO2S2. The topological polar surface area (TPSA) is 50.2 Å². The van der Waals surface area contributed by atoms with Crippen LogP contribution in [0.15, 0.2) is 12.1 Å². The van der Waals surface area contributed by atoms with Gasteiger partial charge in [0.2, 0.25) is 0 Å². The van der Waals surface area contributed by atoms with Crippen molar-refractivity contribution in [1.29, 1.82) is 0 Å². The number of halogens is 1. The molecule has 90 valence electrons. The van der Waals surface area contributed by atoms with E-state index in [1.165, 1.54) is 22.7 Å². The number of carboxylic acids is 1. The molecule has 1 N–H and O–H groups in total. The minimum absolute atomic E-state index is 0.136. The molecule has 0 bridgehead atoms. The lowest BCUT2D eigenvalue weighted by Crippen LogP contribution is -1.98. The average molecular weight is 288 g/mol. The Morgan fingerprint density at radius 2 is 2.24 bits per heavy atom. The van der Waals surface area contributed by atoms with E-state index in [0.717, 1.165) is 22.7 Å². The van der Waals surface area contributed by atoms with Crippen LogP contribution < -0.4 is 0 Å². The van der Waals surface area contributed by atoms with Crippen LogP contribution in [0.2, 0.25) is 4.34 Å². The van der Waals surface area contributed by atoms with Crippen LogP contribution in [0.25, 0.3) is 9.75 Å². The number of carboxylic acid groups (broad SMARTS) is 1. The Hall–Kier alpha value is -0.910. The van der Waals surface area contributed by atoms with Crippen LogP contribution in [0.3, 0.4) is 0 Å².